The molecule has 1 aromatic carbocycles. The summed E-state index contributed by atoms with van der Waals surface area (Å²) in [5, 5.41) is 9.97. The smallest absolute Gasteiger partial charge is 0.416 e. The number of esters is 1. The van der Waals surface area contributed by atoms with Crippen molar-refractivity contribution in [1.82, 2.24) is 5.32 Å². The molecule has 1 aromatic rings. The fraction of sp³-hybridized carbons (Fsp3) is 0.143. The van der Waals surface area contributed by atoms with Crippen LogP contribution in [0.5, 0.6) is 0 Å². The molecule has 1 N–H and O–H groups in total. The minimum absolute atomic E-state index is 0.0940. The summed E-state index contributed by atoms with van der Waals surface area (Å²) in [5.74, 6) is -1.21. The van der Waals surface area contributed by atoms with Gasteiger partial charge in [0.15, 0.2) is 5.17 Å². The van der Waals surface area contributed by atoms with Crippen LogP contribution < -0.4 is 5.32 Å². The number of rotatable bonds is 3. The van der Waals surface area contributed by atoms with Crippen molar-refractivity contribution in [2.45, 2.75) is 6.18 Å². The number of hydrogen-bond acceptors (Lipinski definition) is 6. The predicted molar refractivity (Wildman–Crippen MR) is 90.0 cm³/mol. The van der Waals surface area contributed by atoms with Crippen LogP contribution >= 0.6 is 27.7 Å². The molecule has 1 amide bonds. The summed E-state index contributed by atoms with van der Waals surface area (Å²) in [6, 6.07) is 3.08. The van der Waals surface area contributed by atoms with E-state index in [1.165, 1.54) is 19.4 Å². The summed E-state index contributed by atoms with van der Waals surface area (Å²) >= 11 is 3.92. The summed E-state index contributed by atoms with van der Waals surface area (Å²) in [6.45, 7) is 0. The molecular formula is C14H9BrF3N3O3S. The van der Waals surface area contributed by atoms with Crippen LogP contribution in [0.4, 0.5) is 13.2 Å². The first-order valence-corrected chi connectivity index (χ1v) is 8.08. The largest absolute Gasteiger partial charge is 0.466 e. The van der Waals surface area contributed by atoms with Crippen molar-refractivity contribution in [2.75, 3.05) is 7.11 Å². The third-order valence-corrected chi connectivity index (χ3v) is 4.36. The molecule has 1 fully saturated rings. The molecule has 0 saturated carbocycles. The molecule has 1 aliphatic heterocycles. The van der Waals surface area contributed by atoms with Crippen molar-refractivity contribution in [3.63, 3.8) is 0 Å². The van der Waals surface area contributed by atoms with Crippen molar-refractivity contribution in [3.05, 3.63) is 44.8 Å². The van der Waals surface area contributed by atoms with E-state index in [0.717, 1.165) is 30.0 Å². The van der Waals surface area contributed by atoms with Gasteiger partial charge in [-0.3, -0.25) is 10.1 Å². The number of carbonyl (C=O) groups excluding carboxylic acids is 2. The van der Waals surface area contributed by atoms with Gasteiger partial charge in [0.2, 0.25) is 0 Å². The molecule has 1 saturated heterocycles. The Kier molecular flexibility index (Phi) is 6.01. The maximum absolute atomic E-state index is 12.6. The van der Waals surface area contributed by atoms with Crippen molar-refractivity contribution < 1.29 is 27.5 Å². The fourth-order valence-corrected chi connectivity index (χ4v) is 2.81. The normalized spacial score (nSPS) is 18.2. The summed E-state index contributed by atoms with van der Waals surface area (Å²) in [5.41, 5.74) is -0.420. The Labute approximate surface area is 152 Å². The summed E-state index contributed by atoms with van der Waals surface area (Å²) in [6.07, 6.45) is -2.20. The molecule has 132 valence electrons. The molecule has 0 aromatic heterocycles. The number of alkyl halides is 3. The monoisotopic (exact) mass is 435 g/mol. The molecule has 0 bridgehead atoms. The van der Waals surface area contributed by atoms with E-state index in [4.69, 9.17) is 0 Å². The van der Waals surface area contributed by atoms with Crippen LogP contribution in [-0.2, 0) is 20.5 Å². The van der Waals surface area contributed by atoms with Gasteiger partial charge in [-0.1, -0.05) is 22.0 Å². The van der Waals surface area contributed by atoms with Crippen LogP contribution in [0.25, 0.3) is 0 Å². The number of benzene rings is 1. The minimum Gasteiger partial charge on any atom is -0.466 e. The quantitative estimate of drug-likeness (QED) is 0.342. The molecule has 25 heavy (non-hydrogen) atoms. The highest BCUT2D eigenvalue weighted by Crippen LogP contribution is 2.31. The summed E-state index contributed by atoms with van der Waals surface area (Å²) < 4.78 is 42.4. The Balaban J connectivity index is 2.11. The Morgan fingerprint density at radius 2 is 2.12 bits per heavy atom. The number of amides is 1. The lowest BCUT2D eigenvalue weighted by molar-refractivity contribution is -0.137. The van der Waals surface area contributed by atoms with Crippen molar-refractivity contribution in [2.24, 2.45) is 10.2 Å². The minimum atomic E-state index is -4.44. The van der Waals surface area contributed by atoms with Crippen LogP contribution in [0.1, 0.15) is 11.1 Å². The highest BCUT2D eigenvalue weighted by molar-refractivity contribution is 9.10. The second-order valence-electron chi connectivity index (χ2n) is 4.47. The number of amidine groups is 1. The molecule has 6 nitrogen and oxygen atoms in total. The molecule has 0 spiro atoms. The number of halogens is 4. The van der Waals surface area contributed by atoms with E-state index in [2.05, 4.69) is 36.2 Å². The SMILES string of the molecule is COC(=O)/C=C1/S/C(=N\N=Cc2ccc(C(F)(F)F)cc2Br)NC1=O. The van der Waals surface area contributed by atoms with Crippen LogP contribution in [0, 0.1) is 0 Å². The highest BCUT2D eigenvalue weighted by Gasteiger charge is 2.30. The van der Waals surface area contributed by atoms with Gasteiger partial charge in [-0.05, 0) is 23.9 Å². The fourth-order valence-electron chi connectivity index (χ4n) is 1.59. The van der Waals surface area contributed by atoms with Gasteiger partial charge >= 0.3 is 12.1 Å². The lowest BCUT2D eigenvalue weighted by atomic mass is 10.1. The Morgan fingerprint density at radius 3 is 2.72 bits per heavy atom. The van der Waals surface area contributed by atoms with Gasteiger partial charge in [0.05, 0.1) is 23.8 Å². The van der Waals surface area contributed by atoms with Crippen LogP contribution in [0.15, 0.2) is 43.9 Å². The van der Waals surface area contributed by atoms with E-state index in [1.54, 1.807) is 0 Å². The van der Waals surface area contributed by atoms with Crippen molar-refractivity contribution >= 4 is 51.0 Å². The second-order valence-corrected chi connectivity index (χ2v) is 6.36. The van der Waals surface area contributed by atoms with Gasteiger partial charge in [-0.25, -0.2) is 4.79 Å². The number of nitrogens with zero attached hydrogens (tertiary/aromatic N) is 2. The summed E-state index contributed by atoms with van der Waals surface area (Å²) in [7, 11) is 1.18. The van der Waals surface area contributed by atoms with E-state index < -0.39 is 23.6 Å². The average molecular weight is 436 g/mol. The van der Waals surface area contributed by atoms with Crippen molar-refractivity contribution in [1.29, 1.82) is 0 Å². The number of methoxy groups -OCH3 is 1. The van der Waals surface area contributed by atoms with E-state index >= 15 is 0 Å². The van der Waals surface area contributed by atoms with E-state index in [0.29, 0.717) is 5.56 Å². The number of ether oxygens (including phenoxy) is 1. The standard InChI is InChI=1S/C14H9BrF3N3O3S/c1-24-11(22)5-10-12(23)20-13(25-10)21-19-6-7-2-3-8(4-9(7)15)14(16,17)18/h2-6H,1H3,(H,20,21,23)/b10-5+,19-6?. The number of thioether (sulfide) groups is 1. The molecule has 0 radical (unpaired) electrons. The Morgan fingerprint density at radius 1 is 1.40 bits per heavy atom. The zero-order valence-corrected chi connectivity index (χ0v) is 14.8. The first kappa shape index (κ1) is 19.2. The van der Waals surface area contributed by atoms with Crippen LogP contribution in [0.3, 0.4) is 0 Å². The Bertz CT molecular complexity index is 806. The zero-order chi connectivity index (χ0) is 18.6. The first-order valence-electron chi connectivity index (χ1n) is 6.47. The molecule has 0 unspecified atom stereocenters. The zero-order valence-electron chi connectivity index (χ0n) is 12.4. The highest BCUT2D eigenvalue weighted by atomic mass is 79.9. The van der Waals surface area contributed by atoms with Crippen molar-refractivity contribution in [3.8, 4) is 0 Å². The van der Waals surface area contributed by atoms with Gasteiger partial charge in [0.25, 0.3) is 5.91 Å². The predicted octanol–water partition coefficient (Wildman–Crippen LogP) is 3.08. The molecule has 2 rings (SSSR count). The van der Waals surface area contributed by atoms with Gasteiger partial charge in [0, 0.05) is 16.1 Å². The average Bonchev–Trinajstić information content (AvgIpc) is 2.87. The maximum atomic E-state index is 12.6. The third kappa shape index (κ3) is 5.16. The molecule has 0 atom stereocenters. The number of carbonyl (C=O) groups is 2. The summed E-state index contributed by atoms with van der Waals surface area (Å²) in [4.78, 5) is 22.8. The van der Waals surface area contributed by atoms with Gasteiger partial charge < -0.3 is 4.74 Å². The first-order chi connectivity index (χ1) is 11.7. The molecular weight excluding hydrogens is 427 g/mol. The van der Waals surface area contributed by atoms with Gasteiger partial charge in [0.1, 0.15) is 0 Å². The molecule has 11 heteroatoms. The van der Waals surface area contributed by atoms with Crippen LogP contribution in [0.2, 0.25) is 0 Å². The Hall–Kier alpha value is -2.14. The van der Waals surface area contributed by atoms with E-state index in [9.17, 15) is 22.8 Å². The third-order valence-electron chi connectivity index (χ3n) is 2.77. The maximum Gasteiger partial charge on any atom is 0.416 e. The lowest BCUT2D eigenvalue weighted by Crippen LogP contribution is -2.19. The number of hydrogen-bond donors (Lipinski definition) is 1. The van der Waals surface area contributed by atoms with Crippen LogP contribution in [-0.4, -0.2) is 30.4 Å². The van der Waals surface area contributed by atoms with Gasteiger partial charge in [-0.2, -0.15) is 18.3 Å². The van der Waals surface area contributed by atoms with Gasteiger partial charge in [-0.15, -0.1) is 5.10 Å². The van der Waals surface area contributed by atoms with E-state index in [-0.39, 0.29) is 14.5 Å². The molecule has 1 heterocycles. The lowest BCUT2D eigenvalue weighted by Gasteiger charge is -2.07. The molecule has 0 aliphatic carbocycles. The topological polar surface area (TPSA) is 80.1 Å². The second kappa shape index (κ2) is 7.83. The van der Waals surface area contributed by atoms with E-state index in [1.807, 2.05) is 0 Å². The number of nitrogens with one attached hydrogen (secondary N) is 1. The molecule has 1 aliphatic rings.